The van der Waals surface area contributed by atoms with Crippen LogP contribution in [0.3, 0.4) is 0 Å². The summed E-state index contributed by atoms with van der Waals surface area (Å²) in [4.78, 5) is 0. The van der Waals surface area contributed by atoms with Gasteiger partial charge in [0.15, 0.2) is 0 Å². The third-order valence-electron chi connectivity index (χ3n) is 0. The Morgan fingerprint density at radius 2 is 0.0217 bits per heavy atom. The molecule has 0 amide bonds. The van der Waals surface area contributed by atoms with Crippen LogP contribution in [0.4, 0.5) is 0 Å². The van der Waals surface area contributed by atoms with Gasteiger partial charge in [0, 0.05) is 969 Å². The SMILES string of the molecule is [W].[W].[W].[W].[W].[W].[W].[W].[W].[W].[W].[W].[W].[W].[W].[W].[W].[W].[W].[W].[W].[W].[W].[W].[W].[W].[W].[W].[W].[W].[W].[W].[W].[W].[W].[W].[W].[W].[W].[W].[W].[W].[W].[W].[W].[W]. The van der Waals surface area contributed by atoms with Crippen molar-refractivity contribution in [3.8, 4) is 0 Å². The summed E-state index contributed by atoms with van der Waals surface area (Å²) in [6.07, 6.45) is 0. The van der Waals surface area contributed by atoms with Crippen molar-refractivity contribution in [2.45, 2.75) is 0 Å². The van der Waals surface area contributed by atoms with Crippen molar-refractivity contribution in [3.05, 3.63) is 0 Å². The normalized spacial score (nSPS) is 0. The largest absolute Gasteiger partial charge is 0 e. The third kappa shape index (κ3) is 421. The summed E-state index contributed by atoms with van der Waals surface area (Å²) < 4.78 is 0. The van der Waals surface area contributed by atoms with E-state index in [-0.39, 0.29) is 969 Å². The summed E-state index contributed by atoms with van der Waals surface area (Å²) in [5.41, 5.74) is 0. The van der Waals surface area contributed by atoms with Gasteiger partial charge in [-0.3, -0.25) is 0 Å². The smallest absolute Gasteiger partial charge is 0 e. The molecule has 0 atom stereocenters. The standard InChI is InChI=1S/46W. The predicted molar refractivity (Wildman–Crippen MR) is 0 cm³/mol. The van der Waals surface area contributed by atoms with Gasteiger partial charge in [-0.15, -0.1) is 0 Å². The molecule has 0 aliphatic carbocycles. The molecule has 0 fully saturated rings. The van der Waals surface area contributed by atoms with Crippen LogP contribution in [-0.2, 0) is 969 Å². The van der Waals surface area contributed by atoms with Gasteiger partial charge in [0.2, 0.25) is 0 Å². The van der Waals surface area contributed by atoms with Crippen LogP contribution in [0.2, 0.25) is 0 Å². The van der Waals surface area contributed by atoms with Crippen LogP contribution < -0.4 is 0 Å². The van der Waals surface area contributed by atoms with Crippen LogP contribution in [0.1, 0.15) is 0 Å². The zero-order chi connectivity index (χ0) is 0. The fourth-order valence-corrected chi connectivity index (χ4v) is 0. The van der Waals surface area contributed by atoms with E-state index in [1.807, 2.05) is 0 Å². The van der Waals surface area contributed by atoms with Gasteiger partial charge < -0.3 is 0 Å². The molecular weight excluding hydrogens is 8460 g/mol. The van der Waals surface area contributed by atoms with Crippen molar-refractivity contribution in [3.63, 3.8) is 0 Å². The van der Waals surface area contributed by atoms with Crippen molar-refractivity contribution >= 4 is 0 Å². The molecule has 46 heavy (non-hydrogen) atoms. The second kappa shape index (κ2) is 438. The van der Waals surface area contributed by atoms with Crippen molar-refractivity contribution in [1.82, 2.24) is 0 Å². The van der Waals surface area contributed by atoms with E-state index in [1.54, 1.807) is 0 Å². The molecule has 0 bridgehead atoms. The average molecular weight is 8460 g/mol. The van der Waals surface area contributed by atoms with E-state index in [0.717, 1.165) is 0 Å². The van der Waals surface area contributed by atoms with Gasteiger partial charge in [-0.1, -0.05) is 0 Å². The van der Waals surface area contributed by atoms with Gasteiger partial charge in [0.1, 0.15) is 0 Å². The molecule has 0 spiro atoms. The van der Waals surface area contributed by atoms with Crippen LogP contribution in [0, 0.1) is 0 Å². The Hall–Kier alpha value is 31.7. The molecule has 0 aliphatic heterocycles. The van der Waals surface area contributed by atoms with Gasteiger partial charge in [0.25, 0.3) is 0 Å². The topological polar surface area (TPSA) is 0 Å². The van der Waals surface area contributed by atoms with Crippen LogP contribution in [0.25, 0.3) is 0 Å². The van der Waals surface area contributed by atoms with Gasteiger partial charge >= 0.3 is 0 Å². The Morgan fingerprint density at radius 3 is 0.0217 bits per heavy atom. The van der Waals surface area contributed by atoms with Crippen LogP contribution >= 0.6 is 0 Å². The van der Waals surface area contributed by atoms with Crippen molar-refractivity contribution in [2.75, 3.05) is 0 Å². The van der Waals surface area contributed by atoms with E-state index in [4.69, 9.17) is 0 Å². The molecule has 0 nitrogen and oxygen atoms in total. The minimum atomic E-state index is 0. The molecule has 0 aromatic heterocycles. The molecule has 0 saturated heterocycles. The molecule has 0 rings (SSSR count). The first-order chi connectivity index (χ1) is 0. The fourth-order valence-electron chi connectivity index (χ4n) is 0. The Labute approximate surface area is 939 Å². The zero-order valence-corrected chi connectivity index (χ0v) is 154. The monoisotopic (exact) mass is 8460 g/mol. The van der Waals surface area contributed by atoms with Gasteiger partial charge in [-0.2, -0.15) is 0 Å². The average Bonchev–Trinajstić information content (AvgIpc) is 0. The minimum Gasteiger partial charge on any atom is 0 e. The quantitative estimate of drug-likeness (QED) is 0.318. The summed E-state index contributed by atoms with van der Waals surface area (Å²) in [5.74, 6) is 0. The van der Waals surface area contributed by atoms with Gasteiger partial charge in [-0.05, 0) is 0 Å². The second-order valence-corrected chi connectivity index (χ2v) is 0. The van der Waals surface area contributed by atoms with Crippen molar-refractivity contribution in [1.29, 1.82) is 0 Å². The molecule has 0 aromatic rings. The maximum atomic E-state index is 0. The zero-order valence-electron chi connectivity index (χ0n) is 18.8. The first kappa shape index (κ1) is 455. The first-order valence-corrected chi connectivity index (χ1v) is 0. The summed E-state index contributed by atoms with van der Waals surface area (Å²) in [6.45, 7) is 0. The molecule has 0 saturated carbocycles. The van der Waals surface area contributed by atoms with Crippen LogP contribution in [-0.4, -0.2) is 0 Å². The summed E-state index contributed by atoms with van der Waals surface area (Å²) in [5, 5.41) is 0. The number of rotatable bonds is 0. The maximum Gasteiger partial charge on any atom is 0 e. The number of hydrogen-bond acceptors (Lipinski definition) is 0. The maximum absolute atomic E-state index is 0. The Bertz CT molecular complexity index is 0. The van der Waals surface area contributed by atoms with E-state index >= 15 is 0 Å². The fraction of sp³-hybridized carbons (Fsp3) is 0. The Kier molecular flexibility index (Phi) is 4330. The van der Waals surface area contributed by atoms with Crippen molar-refractivity contribution in [2.24, 2.45) is 0 Å². The van der Waals surface area contributed by atoms with E-state index in [2.05, 4.69) is 0 Å². The third-order valence-corrected chi connectivity index (χ3v) is 0. The van der Waals surface area contributed by atoms with Crippen LogP contribution in [0.15, 0.2) is 0 Å². The predicted octanol–water partition coefficient (Wildman–Crippen LogP) is -0.115. The van der Waals surface area contributed by atoms with E-state index in [1.165, 1.54) is 0 Å². The van der Waals surface area contributed by atoms with E-state index in [9.17, 15) is 0 Å². The van der Waals surface area contributed by atoms with Crippen LogP contribution in [0.5, 0.6) is 0 Å². The Balaban J connectivity index is 0. The molecule has 0 N–H and O–H groups in total. The van der Waals surface area contributed by atoms with Crippen molar-refractivity contribution < 1.29 is 969 Å². The molecule has 276 valence electrons. The summed E-state index contributed by atoms with van der Waals surface area (Å²) in [6, 6.07) is 0. The van der Waals surface area contributed by atoms with E-state index < -0.39 is 0 Å². The molecule has 0 radical (unpaired) electrons. The number of hydrogen-bond donors (Lipinski definition) is 0. The molecule has 0 aliphatic rings. The molecule has 0 unspecified atom stereocenters. The van der Waals surface area contributed by atoms with Gasteiger partial charge in [-0.25, -0.2) is 0 Å². The molecule has 0 heterocycles. The summed E-state index contributed by atoms with van der Waals surface area (Å²) >= 11 is 0. The second-order valence-electron chi connectivity index (χ2n) is 0. The molecule has 0 aromatic carbocycles. The molecular formula is W46. The summed E-state index contributed by atoms with van der Waals surface area (Å²) in [7, 11) is 0. The minimum absolute atomic E-state index is 0. The van der Waals surface area contributed by atoms with E-state index in [0.29, 0.717) is 0 Å². The van der Waals surface area contributed by atoms with Gasteiger partial charge in [0.05, 0.1) is 0 Å². The first-order valence-electron chi connectivity index (χ1n) is 0. The Morgan fingerprint density at radius 1 is 0.0217 bits per heavy atom. The molecule has 46 heteroatoms.